The molecular formula is C19H26ClN3O3. The van der Waals surface area contributed by atoms with E-state index in [2.05, 4.69) is 10.2 Å². The van der Waals surface area contributed by atoms with Crippen molar-refractivity contribution in [2.45, 2.75) is 31.9 Å². The van der Waals surface area contributed by atoms with Gasteiger partial charge in [-0.2, -0.15) is 0 Å². The molecule has 2 unspecified atom stereocenters. The number of piperazine rings is 1. The summed E-state index contributed by atoms with van der Waals surface area (Å²) in [6.45, 7) is 5.71. The summed E-state index contributed by atoms with van der Waals surface area (Å²) in [7, 11) is 0. The van der Waals surface area contributed by atoms with E-state index in [1.54, 1.807) is 0 Å². The molecule has 2 saturated heterocycles. The molecule has 2 aliphatic rings. The topological polar surface area (TPSA) is 61.9 Å². The van der Waals surface area contributed by atoms with Crippen LogP contribution >= 0.6 is 11.6 Å². The Morgan fingerprint density at radius 2 is 1.92 bits per heavy atom. The van der Waals surface area contributed by atoms with Gasteiger partial charge < -0.3 is 15.0 Å². The van der Waals surface area contributed by atoms with Gasteiger partial charge in [0, 0.05) is 37.8 Å². The van der Waals surface area contributed by atoms with Crippen molar-refractivity contribution in [2.24, 2.45) is 0 Å². The Labute approximate surface area is 159 Å². The van der Waals surface area contributed by atoms with Crippen molar-refractivity contribution >= 4 is 23.4 Å². The number of nitrogens with one attached hydrogen (secondary N) is 1. The highest BCUT2D eigenvalue weighted by molar-refractivity contribution is 6.30. The van der Waals surface area contributed by atoms with Gasteiger partial charge in [-0.15, -0.1) is 0 Å². The highest BCUT2D eigenvalue weighted by Crippen LogP contribution is 2.17. The van der Waals surface area contributed by atoms with Crippen LogP contribution in [0, 0.1) is 0 Å². The van der Waals surface area contributed by atoms with Crippen molar-refractivity contribution in [2.75, 3.05) is 39.3 Å². The van der Waals surface area contributed by atoms with Gasteiger partial charge in [0.25, 0.3) is 5.91 Å². The quantitative estimate of drug-likeness (QED) is 0.848. The summed E-state index contributed by atoms with van der Waals surface area (Å²) >= 11 is 5.90. The van der Waals surface area contributed by atoms with E-state index in [0.717, 1.165) is 18.4 Å². The number of nitrogens with zero attached hydrogens (tertiary/aromatic N) is 2. The van der Waals surface area contributed by atoms with E-state index in [1.807, 2.05) is 36.1 Å². The summed E-state index contributed by atoms with van der Waals surface area (Å²) in [5.74, 6) is 0.0920. The van der Waals surface area contributed by atoms with Gasteiger partial charge >= 0.3 is 0 Å². The highest BCUT2D eigenvalue weighted by atomic mass is 35.5. The molecule has 2 amide bonds. The van der Waals surface area contributed by atoms with Gasteiger partial charge in [0.15, 0.2) is 0 Å². The standard InChI is InChI=1S/C19H26ClN3O3/c1-14(15-4-6-16(20)7-5-15)21-18(24)13-22-8-10-23(11-9-22)19(25)17-3-2-12-26-17/h4-7,14,17H,2-3,8-13H2,1H3,(H,21,24). The fraction of sp³-hybridized carbons (Fsp3) is 0.579. The van der Waals surface area contributed by atoms with Crippen LogP contribution in [0.5, 0.6) is 0 Å². The Hall–Kier alpha value is -1.63. The molecule has 2 aliphatic heterocycles. The van der Waals surface area contributed by atoms with Gasteiger partial charge in [0.2, 0.25) is 5.91 Å². The average Bonchev–Trinajstić information content (AvgIpc) is 3.17. The van der Waals surface area contributed by atoms with E-state index >= 15 is 0 Å². The first-order valence-electron chi connectivity index (χ1n) is 9.20. The highest BCUT2D eigenvalue weighted by Gasteiger charge is 2.30. The maximum Gasteiger partial charge on any atom is 0.251 e. The first-order chi connectivity index (χ1) is 12.5. The minimum absolute atomic E-state index is 0.00801. The van der Waals surface area contributed by atoms with Crippen LogP contribution in [0.2, 0.25) is 5.02 Å². The lowest BCUT2D eigenvalue weighted by molar-refractivity contribution is -0.142. The number of benzene rings is 1. The number of hydrogen-bond donors (Lipinski definition) is 1. The Balaban J connectivity index is 1.41. The molecule has 1 N–H and O–H groups in total. The van der Waals surface area contributed by atoms with Crippen molar-refractivity contribution in [3.63, 3.8) is 0 Å². The smallest absolute Gasteiger partial charge is 0.251 e. The molecule has 2 fully saturated rings. The third kappa shape index (κ3) is 4.96. The summed E-state index contributed by atoms with van der Waals surface area (Å²) in [6.07, 6.45) is 1.52. The first kappa shape index (κ1) is 19.1. The normalized spacial score (nSPS) is 22.2. The predicted octanol–water partition coefficient (Wildman–Crippen LogP) is 1.84. The van der Waals surface area contributed by atoms with Crippen molar-refractivity contribution < 1.29 is 14.3 Å². The third-order valence-corrected chi connectivity index (χ3v) is 5.26. The zero-order chi connectivity index (χ0) is 18.5. The second kappa shape index (κ2) is 8.84. The molecule has 3 rings (SSSR count). The Kier molecular flexibility index (Phi) is 6.51. The van der Waals surface area contributed by atoms with E-state index < -0.39 is 0 Å². The van der Waals surface area contributed by atoms with E-state index in [1.165, 1.54) is 0 Å². The van der Waals surface area contributed by atoms with Crippen LogP contribution < -0.4 is 5.32 Å². The summed E-state index contributed by atoms with van der Waals surface area (Å²) < 4.78 is 5.48. The molecule has 2 heterocycles. The Bertz CT molecular complexity index is 623. The minimum atomic E-state index is -0.259. The lowest BCUT2D eigenvalue weighted by Gasteiger charge is -2.35. The lowest BCUT2D eigenvalue weighted by Crippen LogP contribution is -2.53. The molecule has 6 nitrogen and oxygen atoms in total. The fourth-order valence-electron chi connectivity index (χ4n) is 3.43. The van der Waals surface area contributed by atoms with Crippen LogP contribution in [0.25, 0.3) is 0 Å². The van der Waals surface area contributed by atoms with Gasteiger partial charge in [0.1, 0.15) is 6.10 Å². The fourth-order valence-corrected chi connectivity index (χ4v) is 3.55. The van der Waals surface area contributed by atoms with Crippen LogP contribution in [-0.2, 0) is 14.3 Å². The Morgan fingerprint density at radius 1 is 1.23 bits per heavy atom. The number of halogens is 1. The van der Waals surface area contributed by atoms with Gasteiger partial charge in [-0.1, -0.05) is 23.7 Å². The molecule has 0 aliphatic carbocycles. The van der Waals surface area contributed by atoms with Crippen molar-refractivity contribution in [1.82, 2.24) is 15.1 Å². The molecule has 2 atom stereocenters. The first-order valence-corrected chi connectivity index (χ1v) is 9.58. The van der Waals surface area contributed by atoms with Gasteiger partial charge in [-0.25, -0.2) is 0 Å². The molecule has 0 saturated carbocycles. The molecule has 1 aromatic carbocycles. The number of rotatable bonds is 5. The summed E-state index contributed by atoms with van der Waals surface area (Å²) in [5, 5.41) is 3.70. The van der Waals surface area contributed by atoms with Crippen molar-refractivity contribution in [1.29, 1.82) is 0 Å². The molecule has 0 aromatic heterocycles. The molecule has 0 bridgehead atoms. The molecule has 0 spiro atoms. The molecule has 1 aromatic rings. The second-order valence-electron chi connectivity index (χ2n) is 6.94. The largest absolute Gasteiger partial charge is 0.368 e. The lowest BCUT2D eigenvalue weighted by atomic mass is 10.1. The summed E-state index contributed by atoms with van der Waals surface area (Å²) in [4.78, 5) is 28.6. The molecule has 7 heteroatoms. The van der Waals surface area contributed by atoms with E-state index in [0.29, 0.717) is 44.4 Å². The van der Waals surface area contributed by atoms with Crippen LogP contribution in [-0.4, -0.2) is 67.0 Å². The monoisotopic (exact) mass is 379 g/mol. The zero-order valence-corrected chi connectivity index (χ0v) is 15.9. The molecule has 142 valence electrons. The molecule has 26 heavy (non-hydrogen) atoms. The number of carbonyl (C=O) groups is 2. The number of ether oxygens (including phenoxy) is 1. The Morgan fingerprint density at radius 3 is 2.54 bits per heavy atom. The van der Waals surface area contributed by atoms with Crippen LogP contribution in [0.1, 0.15) is 31.4 Å². The zero-order valence-electron chi connectivity index (χ0n) is 15.1. The van der Waals surface area contributed by atoms with Crippen LogP contribution in [0.3, 0.4) is 0 Å². The second-order valence-corrected chi connectivity index (χ2v) is 7.38. The molecular weight excluding hydrogens is 354 g/mol. The van der Waals surface area contributed by atoms with E-state index in [9.17, 15) is 9.59 Å². The minimum Gasteiger partial charge on any atom is -0.368 e. The van der Waals surface area contributed by atoms with Crippen LogP contribution in [0.4, 0.5) is 0 Å². The summed E-state index contributed by atoms with van der Waals surface area (Å²) in [5.41, 5.74) is 1.02. The van der Waals surface area contributed by atoms with Crippen molar-refractivity contribution in [3.8, 4) is 0 Å². The third-order valence-electron chi connectivity index (χ3n) is 5.00. The predicted molar refractivity (Wildman–Crippen MR) is 100 cm³/mol. The molecule has 0 radical (unpaired) electrons. The van der Waals surface area contributed by atoms with Crippen LogP contribution in [0.15, 0.2) is 24.3 Å². The number of amides is 2. The van der Waals surface area contributed by atoms with Gasteiger partial charge in [0.05, 0.1) is 12.6 Å². The van der Waals surface area contributed by atoms with E-state index in [-0.39, 0.29) is 24.0 Å². The SMILES string of the molecule is CC(NC(=O)CN1CCN(C(=O)C2CCCO2)CC1)c1ccc(Cl)cc1. The maximum atomic E-state index is 12.3. The van der Waals surface area contributed by atoms with Gasteiger partial charge in [-0.05, 0) is 37.5 Å². The van der Waals surface area contributed by atoms with E-state index in [4.69, 9.17) is 16.3 Å². The van der Waals surface area contributed by atoms with Crippen molar-refractivity contribution in [3.05, 3.63) is 34.9 Å². The van der Waals surface area contributed by atoms with Gasteiger partial charge in [-0.3, -0.25) is 14.5 Å². The average molecular weight is 380 g/mol. The summed E-state index contributed by atoms with van der Waals surface area (Å²) in [6, 6.07) is 7.42. The maximum absolute atomic E-state index is 12.3. The number of hydrogen-bond acceptors (Lipinski definition) is 4. The number of carbonyl (C=O) groups excluding carboxylic acids is 2.